The van der Waals surface area contributed by atoms with Crippen LogP contribution in [-0.4, -0.2) is 45.8 Å². The summed E-state index contributed by atoms with van der Waals surface area (Å²) in [6, 6.07) is 9.01. The first-order valence-electron chi connectivity index (χ1n) is 9.55. The Morgan fingerprint density at radius 1 is 1.12 bits per heavy atom. The summed E-state index contributed by atoms with van der Waals surface area (Å²) in [5.74, 6) is 1.34. The van der Waals surface area contributed by atoms with E-state index in [1.54, 1.807) is 6.20 Å². The van der Waals surface area contributed by atoms with Gasteiger partial charge >= 0.3 is 0 Å². The quantitative estimate of drug-likeness (QED) is 0.925. The Kier molecular flexibility index (Phi) is 4.92. The minimum absolute atomic E-state index is 0.647. The molecule has 2 saturated heterocycles. The van der Waals surface area contributed by atoms with Gasteiger partial charge < -0.3 is 10.2 Å². The van der Waals surface area contributed by atoms with E-state index in [9.17, 15) is 0 Å². The van der Waals surface area contributed by atoms with Crippen molar-refractivity contribution in [1.82, 2.24) is 20.1 Å². The van der Waals surface area contributed by atoms with E-state index < -0.39 is 0 Å². The molecule has 2 aromatic rings. The van der Waals surface area contributed by atoms with Gasteiger partial charge in [0.2, 0.25) is 5.95 Å². The lowest BCUT2D eigenvalue weighted by Crippen LogP contribution is -2.49. The van der Waals surface area contributed by atoms with Crippen molar-refractivity contribution >= 4 is 5.95 Å². The first-order valence-corrected chi connectivity index (χ1v) is 9.55. The number of aromatic nitrogens is 3. The van der Waals surface area contributed by atoms with Gasteiger partial charge in [0.1, 0.15) is 0 Å². The number of rotatable bonds is 4. The molecule has 2 atom stereocenters. The minimum Gasteiger partial charge on any atom is -0.353 e. The summed E-state index contributed by atoms with van der Waals surface area (Å²) in [5.41, 5.74) is 3.22. The fraction of sp³-hybridized carbons (Fsp3) is 0.550. The maximum Gasteiger partial charge on any atom is 0.243 e. The summed E-state index contributed by atoms with van der Waals surface area (Å²) in [6.45, 7) is 5.61. The molecule has 0 bridgehead atoms. The predicted molar refractivity (Wildman–Crippen MR) is 100 cm³/mol. The Bertz CT molecular complexity index is 715. The molecule has 0 aliphatic carbocycles. The largest absolute Gasteiger partial charge is 0.353 e. The van der Waals surface area contributed by atoms with Crippen molar-refractivity contribution in [1.29, 1.82) is 0 Å². The van der Waals surface area contributed by atoms with Gasteiger partial charge in [-0.25, -0.2) is 4.98 Å². The van der Waals surface area contributed by atoms with Gasteiger partial charge in [-0.3, -0.25) is 0 Å². The number of nitrogens with one attached hydrogen (secondary N) is 1. The number of benzene rings is 1. The van der Waals surface area contributed by atoms with Gasteiger partial charge in [-0.1, -0.05) is 30.7 Å². The van der Waals surface area contributed by atoms with Crippen LogP contribution in [0.2, 0.25) is 0 Å². The molecule has 0 saturated carbocycles. The predicted octanol–water partition coefficient (Wildman–Crippen LogP) is 3.52. The lowest BCUT2D eigenvalue weighted by molar-refractivity contribution is 0.0648. The average Bonchev–Trinajstić information content (AvgIpc) is 2.67. The van der Waals surface area contributed by atoms with Crippen molar-refractivity contribution < 1.29 is 0 Å². The van der Waals surface area contributed by atoms with E-state index in [4.69, 9.17) is 4.98 Å². The first kappa shape index (κ1) is 16.5. The second kappa shape index (κ2) is 7.48. The maximum absolute atomic E-state index is 4.69. The molecule has 1 aromatic carbocycles. The standard InChI is InChI=1S/C20H27N5/c1-15-7-2-3-9-17(15)18-14-22-24-20(23-18)21-13-16-8-6-12-25-11-5-4-10-19(16)25/h2-3,7,9,14,16,19H,4-6,8,10-13H2,1H3,(H,21,23,24)/t16-,19+/m0/s1. The van der Waals surface area contributed by atoms with Crippen LogP contribution >= 0.6 is 0 Å². The number of fused-ring (bicyclic) bond motifs is 1. The number of anilines is 1. The van der Waals surface area contributed by atoms with Gasteiger partial charge in [-0.2, -0.15) is 5.10 Å². The van der Waals surface area contributed by atoms with Crippen LogP contribution < -0.4 is 5.32 Å². The Labute approximate surface area is 149 Å². The van der Waals surface area contributed by atoms with Crippen LogP contribution in [0.1, 0.15) is 37.7 Å². The molecular formula is C20H27N5. The molecule has 25 heavy (non-hydrogen) atoms. The highest BCUT2D eigenvalue weighted by atomic mass is 15.2. The van der Waals surface area contributed by atoms with Crippen molar-refractivity contribution in [3.63, 3.8) is 0 Å². The highest BCUT2D eigenvalue weighted by Gasteiger charge is 2.32. The third kappa shape index (κ3) is 3.66. The van der Waals surface area contributed by atoms with Gasteiger partial charge in [-0.05, 0) is 57.2 Å². The number of hydrogen-bond donors (Lipinski definition) is 1. The Balaban J connectivity index is 1.45. The average molecular weight is 337 g/mol. The van der Waals surface area contributed by atoms with Crippen LogP contribution in [0.3, 0.4) is 0 Å². The number of piperidine rings is 2. The highest BCUT2D eigenvalue weighted by molar-refractivity contribution is 5.63. The van der Waals surface area contributed by atoms with Gasteiger partial charge in [0.25, 0.3) is 0 Å². The summed E-state index contributed by atoms with van der Waals surface area (Å²) < 4.78 is 0. The van der Waals surface area contributed by atoms with E-state index in [2.05, 4.69) is 39.5 Å². The molecule has 0 radical (unpaired) electrons. The molecule has 0 unspecified atom stereocenters. The zero-order valence-corrected chi connectivity index (χ0v) is 15.0. The van der Waals surface area contributed by atoms with Crippen molar-refractivity contribution in [2.75, 3.05) is 25.0 Å². The maximum atomic E-state index is 4.69. The molecule has 0 spiro atoms. The van der Waals surface area contributed by atoms with Crippen LogP contribution in [0.5, 0.6) is 0 Å². The normalized spacial score (nSPS) is 23.9. The van der Waals surface area contributed by atoms with Crippen LogP contribution in [0.25, 0.3) is 11.3 Å². The molecule has 5 nitrogen and oxygen atoms in total. The molecule has 2 aliphatic rings. The molecular weight excluding hydrogens is 310 g/mol. The van der Waals surface area contributed by atoms with Gasteiger partial charge in [0.15, 0.2) is 0 Å². The summed E-state index contributed by atoms with van der Waals surface area (Å²) >= 11 is 0. The second-order valence-electron chi connectivity index (χ2n) is 7.36. The lowest BCUT2D eigenvalue weighted by atomic mass is 9.83. The minimum atomic E-state index is 0.647. The molecule has 5 heteroatoms. The number of aryl methyl sites for hydroxylation is 1. The third-order valence-electron chi connectivity index (χ3n) is 5.73. The lowest BCUT2D eigenvalue weighted by Gasteiger charge is -2.44. The van der Waals surface area contributed by atoms with Crippen molar-refractivity contribution in [3.05, 3.63) is 36.0 Å². The van der Waals surface area contributed by atoms with E-state index in [-0.39, 0.29) is 0 Å². The van der Waals surface area contributed by atoms with Crippen LogP contribution in [0, 0.1) is 12.8 Å². The molecule has 1 N–H and O–H groups in total. The van der Waals surface area contributed by atoms with Gasteiger partial charge in [-0.15, -0.1) is 5.10 Å². The van der Waals surface area contributed by atoms with Crippen molar-refractivity contribution in [3.8, 4) is 11.3 Å². The van der Waals surface area contributed by atoms with Crippen LogP contribution in [0.4, 0.5) is 5.95 Å². The zero-order valence-electron chi connectivity index (χ0n) is 15.0. The summed E-state index contributed by atoms with van der Waals surface area (Å²) in [7, 11) is 0. The second-order valence-corrected chi connectivity index (χ2v) is 7.36. The number of hydrogen-bond acceptors (Lipinski definition) is 5. The highest BCUT2D eigenvalue weighted by Crippen LogP contribution is 2.31. The molecule has 4 rings (SSSR count). The Morgan fingerprint density at radius 3 is 2.92 bits per heavy atom. The van der Waals surface area contributed by atoms with E-state index in [0.29, 0.717) is 11.9 Å². The summed E-state index contributed by atoms with van der Waals surface area (Å²) in [5, 5.41) is 11.8. The van der Waals surface area contributed by atoms with E-state index in [1.807, 2.05) is 12.1 Å². The van der Waals surface area contributed by atoms with E-state index in [0.717, 1.165) is 23.8 Å². The fourth-order valence-corrected chi connectivity index (χ4v) is 4.41. The molecule has 0 amide bonds. The first-order chi connectivity index (χ1) is 12.3. The third-order valence-corrected chi connectivity index (χ3v) is 5.73. The van der Waals surface area contributed by atoms with Crippen LogP contribution in [0.15, 0.2) is 30.5 Å². The summed E-state index contributed by atoms with van der Waals surface area (Å²) in [6.07, 6.45) is 8.44. The molecule has 1 aromatic heterocycles. The summed E-state index contributed by atoms with van der Waals surface area (Å²) in [4.78, 5) is 7.39. The fourth-order valence-electron chi connectivity index (χ4n) is 4.41. The molecule has 2 aliphatic heterocycles. The topological polar surface area (TPSA) is 53.9 Å². The van der Waals surface area contributed by atoms with Crippen molar-refractivity contribution in [2.24, 2.45) is 5.92 Å². The van der Waals surface area contributed by atoms with E-state index in [1.165, 1.54) is 50.8 Å². The zero-order chi connectivity index (χ0) is 17.1. The van der Waals surface area contributed by atoms with Gasteiger partial charge in [0, 0.05) is 18.2 Å². The van der Waals surface area contributed by atoms with E-state index >= 15 is 0 Å². The van der Waals surface area contributed by atoms with Gasteiger partial charge in [0.05, 0.1) is 11.9 Å². The smallest absolute Gasteiger partial charge is 0.243 e. The molecule has 3 heterocycles. The number of nitrogens with zero attached hydrogens (tertiary/aromatic N) is 4. The SMILES string of the molecule is Cc1ccccc1-c1cnnc(NC[C@@H]2CCCN3CCCC[C@H]23)n1. The molecule has 2 fully saturated rings. The Morgan fingerprint density at radius 2 is 2.00 bits per heavy atom. The molecule has 132 valence electrons. The van der Waals surface area contributed by atoms with Crippen LogP contribution in [-0.2, 0) is 0 Å². The Hall–Kier alpha value is -2.01. The van der Waals surface area contributed by atoms with Crippen molar-refractivity contribution in [2.45, 2.75) is 45.1 Å². The monoisotopic (exact) mass is 337 g/mol.